The Morgan fingerprint density at radius 2 is 1.76 bits per heavy atom. The summed E-state index contributed by atoms with van der Waals surface area (Å²) in [5, 5.41) is 5.37. The lowest BCUT2D eigenvalue weighted by Gasteiger charge is -2.10. The van der Waals surface area contributed by atoms with Crippen molar-refractivity contribution in [2.45, 2.75) is 26.7 Å². The highest BCUT2D eigenvalue weighted by Crippen LogP contribution is 1.97. The highest BCUT2D eigenvalue weighted by Gasteiger charge is 2.06. The minimum Gasteiger partial charge on any atom is -0.355 e. The van der Waals surface area contributed by atoms with Crippen molar-refractivity contribution in [3.8, 4) is 0 Å². The molecule has 0 spiro atoms. The summed E-state index contributed by atoms with van der Waals surface area (Å²) in [5.41, 5.74) is 0. The standard InChI is InChI=1S/C12H25N3O2/c1-10(2)8-11(16)14-9-12(17)13-6-5-7-15(3)4/h10H,5-9H2,1-4H3,(H,13,17)(H,14,16). The van der Waals surface area contributed by atoms with Crippen molar-refractivity contribution in [2.24, 2.45) is 5.92 Å². The van der Waals surface area contributed by atoms with E-state index in [0.29, 0.717) is 18.9 Å². The predicted octanol–water partition coefficient (Wildman–Crippen LogP) is 0.217. The summed E-state index contributed by atoms with van der Waals surface area (Å²) < 4.78 is 0. The van der Waals surface area contributed by atoms with Crippen molar-refractivity contribution in [1.82, 2.24) is 15.5 Å². The second-order valence-electron chi connectivity index (χ2n) is 4.88. The molecule has 0 aliphatic rings. The molecular weight excluding hydrogens is 218 g/mol. The van der Waals surface area contributed by atoms with Crippen LogP contribution in [0.25, 0.3) is 0 Å². The minimum atomic E-state index is -0.124. The van der Waals surface area contributed by atoms with E-state index in [0.717, 1.165) is 13.0 Å². The monoisotopic (exact) mass is 243 g/mol. The van der Waals surface area contributed by atoms with Gasteiger partial charge >= 0.3 is 0 Å². The van der Waals surface area contributed by atoms with Crippen LogP contribution in [0.5, 0.6) is 0 Å². The molecule has 0 aliphatic heterocycles. The van der Waals surface area contributed by atoms with E-state index in [9.17, 15) is 9.59 Å². The van der Waals surface area contributed by atoms with Crippen molar-refractivity contribution in [2.75, 3.05) is 33.7 Å². The molecule has 100 valence electrons. The molecule has 2 N–H and O–H groups in total. The number of rotatable bonds is 8. The number of hydrogen-bond donors (Lipinski definition) is 2. The lowest BCUT2D eigenvalue weighted by molar-refractivity contribution is -0.126. The van der Waals surface area contributed by atoms with Crippen LogP contribution in [0.3, 0.4) is 0 Å². The largest absolute Gasteiger partial charge is 0.355 e. The van der Waals surface area contributed by atoms with Gasteiger partial charge in [0.25, 0.3) is 0 Å². The van der Waals surface area contributed by atoms with Gasteiger partial charge in [-0.3, -0.25) is 9.59 Å². The summed E-state index contributed by atoms with van der Waals surface area (Å²) in [4.78, 5) is 24.7. The molecule has 0 aromatic carbocycles. The maximum atomic E-state index is 11.3. The molecule has 17 heavy (non-hydrogen) atoms. The first-order valence-electron chi connectivity index (χ1n) is 6.10. The Labute approximate surface area is 104 Å². The molecule has 0 aliphatic carbocycles. The number of carbonyl (C=O) groups excluding carboxylic acids is 2. The molecule has 0 fully saturated rings. The topological polar surface area (TPSA) is 61.4 Å². The molecule has 0 aromatic heterocycles. The lowest BCUT2D eigenvalue weighted by atomic mass is 10.1. The van der Waals surface area contributed by atoms with Gasteiger partial charge < -0.3 is 15.5 Å². The normalized spacial score (nSPS) is 10.7. The van der Waals surface area contributed by atoms with Crippen LogP contribution in [-0.4, -0.2) is 50.4 Å². The quantitative estimate of drug-likeness (QED) is 0.599. The van der Waals surface area contributed by atoms with E-state index in [1.54, 1.807) is 0 Å². The van der Waals surface area contributed by atoms with Gasteiger partial charge in [-0.2, -0.15) is 0 Å². The van der Waals surface area contributed by atoms with Crippen molar-refractivity contribution < 1.29 is 9.59 Å². The van der Waals surface area contributed by atoms with Crippen molar-refractivity contribution in [1.29, 1.82) is 0 Å². The van der Waals surface area contributed by atoms with E-state index < -0.39 is 0 Å². The van der Waals surface area contributed by atoms with Gasteiger partial charge in [0.05, 0.1) is 6.54 Å². The van der Waals surface area contributed by atoms with Crippen LogP contribution in [0.4, 0.5) is 0 Å². The second-order valence-corrected chi connectivity index (χ2v) is 4.88. The zero-order valence-electron chi connectivity index (χ0n) is 11.4. The fourth-order valence-electron chi connectivity index (χ4n) is 1.31. The van der Waals surface area contributed by atoms with Gasteiger partial charge in [0, 0.05) is 13.0 Å². The van der Waals surface area contributed by atoms with Crippen LogP contribution >= 0.6 is 0 Å². The third-order valence-electron chi connectivity index (χ3n) is 2.14. The second kappa shape index (κ2) is 8.98. The van der Waals surface area contributed by atoms with Gasteiger partial charge in [0.15, 0.2) is 0 Å². The van der Waals surface area contributed by atoms with E-state index in [1.807, 2.05) is 27.9 Å². The molecular formula is C12H25N3O2. The molecule has 0 aromatic rings. The van der Waals surface area contributed by atoms with E-state index in [4.69, 9.17) is 0 Å². The van der Waals surface area contributed by atoms with Gasteiger partial charge in [0.1, 0.15) is 0 Å². The Morgan fingerprint density at radius 3 is 2.29 bits per heavy atom. The third kappa shape index (κ3) is 11.2. The van der Waals surface area contributed by atoms with Crippen LogP contribution in [-0.2, 0) is 9.59 Å². The van der Waals surface area contributed by atoms with Crippen molar-refractivity contribution >= 4 is 11.8 Å². The van der Waals surface area contributed by atoms with Crippen LogP contribution in [0, 0.1) is 5.92 Å². The number of nitrogens with one attached hydrogen (secondary N) is 2. The van der Waals surface area contributed by atoms with Crippen molar-refractivity contribution in [3.05, 3.63) is 0 Å². The third-order valence-corrected chi connectivity index (χ3v) is 2.14. The number of carbonyl (C=O) groups is 2. The fourth-order valence-corrected chi connectivity index (χ4v) is 1.31. The van der Waals surface area contributed by atoms with Crippen LogP contribution in [0.1, 0.15) is 26.7 Å². The Balaban J connectivity index is 3.49. The molecule has 0 saturated heterocycles. The molecule has 5 nitrogen and oxygen atoms in total. The average Bonchev–Trinajstić information content (AvgIpc) is 2.20. The van der Waals surface area contributed by atoms with E-state index in [2.05, 4.69) is 15.5 Å². The summed E-state index contributed by atoms with van der Waals surface area (Å²) in [6, 6.07) is 0. The van der Waals surface area contributed by atoms with Crippen LogP contribution < -0.4 is 10.6 Å². The summed E-state index contributed by atoms with van der Waals surface area (Å²) in [6.45, 7) is 5.62. The Morgan fingerprint density at radius 1 is 1.12 bits per heavy atom. The molecule has 2 amide bonds. The minimum absolute atomic E-state index is 0.0663. The number of hydrogen-bond acceptors (Lipinski definition) is 3. The predicted molar refractivity (Wildman–Crippen MR) is 68.6 cm³/mol. The first kappa shape index (κ1) is 15.9. The van der Waals surface area contributed by atoms with Crippen LogP contribution in [0.2, 0.25) is 0 Å². The fraction of sp³-hybridized carbons (Fsp3) is 0.833. The first-order chi connectivity index (χ1) is 7.91. The summed E-state index contributed by atoms with van der Waals surface area (Å²) in [5.74, 6) is 0.127. The summed E-state index contributed by atoms with van der Waals surface area (Å²) in [7, 11) is 3.99. The molecule has 0 radical (unpaired) electrons. The maximum absolute atomic E-state index is 11.3. The Kier molecular flexibility index (Phi) is 8.40. The van der Waals surface area contributed by atoms with Crippen LogP contribution in [0.15, 0.2) is 0 Å². The molecule has 0 atom stereocenters. The van der Waals surface area contributed by atoms with Gasteiger partial charge in [-0.15, -0.1) is 0 Å². The molecule has 0 bridgehead atoms. The SMILES string of the molecule is CC(C)CC(=O)NCC(=O)NCCCN(C)C. The average molecular weight is 243 g/mol. The first-order valence-corrected chi connectivity index (χ1v) is 6.10. The molecule has 0 rings (SSSR count). The smallest absolute Gasteiger partial charge is 0.239 e. The lowest BCUT2D eigenvalue weighted by Crippen LogP contribution is -2.38. The molecule has 0 heterocycles. The van der Waals surface area contributed by atoms with E-state index >= 15 is 0 Å². The summed E-state index contributed by atoms with van der Waals surface area (Å²) >= 11 is 0. The highest BCUT2D eigenvalue weighted by atomic mass is 16.2. The number of nitrogens with zero attached hydrogens (tertiary/aromatic N) is 1. The molecule has 0 unspecified atom stereocenters. The van der Waals surface area contributed by atoms with E-state index in [1.165, 1.54) is 0 Å². The zero-order valence-corrected chi connectivity index (χ0v) is 11.4. The number of amides is 2. The Bertz CT molecular complexity index is 240. The highest BCUT2D eigenvalue weighted by molar-refractivity contribution is 5.84. The summed E-state index contributed by atoms with van der Waals surface area (Å²) in [6.07, 6.45) is 1.38. The van der Waals surface area contributed by atoms with Gasteiger partial charge in [-0.25, -0.2) is 0 Å². The Hall–Kier alpha value is -1.10. The maximum Gasteiger partial charge on any atom is 0.239 e. The van der Waals surface area contributed by atoms with Crippen molar-refractivity contribution in [3.63, 3.8) is 0 Å². The van der Waals surface area contributed by atoms with Gasteiger partial charge in [-0.1, -0.05) is 13.8 Å². The molecule has 0 saturated carbocycles. The van der Waals surface area contributed by atoms with E-state index in [-0.39, 0.29) is 18.4 Å². The molecule has 5 heteroatoms. The zero-order chi connectivity index (χ0) is 13.3. The van der Waals surface area contributed by atoms with Gasteiger partial charge in [-0.05, 0) is 33.0 Å². The van der Waals surface area contributed by atoms with Gasteiger partial charge in [0.2, 0.25) is 11.8 Å².